The van der Waals surface area contributed by atoms with Crippen LogP contribution in [0.1, 0.15) is 58.3 Å². The molecule has 0 radical (unpaired) electrons. The van der Waals surface area contributed by atoms with Crippen LogP contribution in [0.2, 0.25) is 0 Å². The van der Waals surface area contributed by atoms with E-state index in [4.69, 9.17) is 4.74 Å². The van der Waals surface area contributed by atoms with Gasteiger partial charge in [0.1, 0.15) is 5.78 Å². The van der Waals surface area contributed by atoms with E-state index in [1.54, 1.807) is 42.5 Å². The standard InChI is InChI=1S/C24H34O5/c1-20-13-7-3-2-4-8-16-22(26)19-23(27)17-11-5-9-14-21(25)15-10-6-12-18-24(28)29-20/h2,4-6,9-12,14,18,20-21,23,25,27H,3,7-8,13,15-17,19H2,1H3/b4-2+,10-6+,11-5-,14-9+,18-12-/t20-,21-,23+/m1/s1. The molecule has 0 bridgehead atoms. The highest BCUT2D eigenvalue weighted by Crippen LogP contribution is 2.08. The number of allylic oxidation sites excluding steroid dienone is 6. The number of ether oxygens (including phenoxy) is 1. The molecule has 0 fully saturated rings. The molecular formula is C24H34O5. The number of carbonyl (C=O) groups excluding carboxylic acids is 2. The van der Waals surface area contributed by atoms with E-state index in [0.29, 0.717) is 25.7 Å². The molecule has 0 saturated heterocycles. The first kappa shape index (κ1) is 24.8. The maximum atomic E-state index is 11.9. The molecule has 0 aromatic rings. The minimum Gasteiger partial charge on any atom is -0.460 e. The average Bonchev–Trinajstić information content (AvgIpc) is 2.65. The molecule has 5 heteroatoms. The Bertz CT molecular complexity index is 627. The molecule has 2 N–H and O–H groups in total. The molecule has 1 rings (SSSR count). The molecule has 29 heavy (non-hydrogen) atoms. The van der Waals surface area contributed by atoms with E-state index in [9.17, 15) is 19.8 Å². The lowest BCUT2D eigenvalue weighted by Crippen LogP contribution is -2.12. The Balaban J connectivity index is 2.61. The number of aliphatic hydroxyl groups excluding tert-OH is 2. The number of rotatable bonds is 0. The quantitative estimate of drug-likeness (QED) is 0.470. The predicted octanol–water partition coefficient (Wildman–Crippen LogP) is 4.12. The average molecular weight is 403 g/mol. The van der Waals surface area contributed by atoms with Gasteiger partial charge >= 0.3 is 5.97 Å². The number of hydrogen-bond acceptors (Lipinski definition) is 5. The van der Waals surface area contributed by atoms with Crippen molar-refractivity contribution in [2.24, 2.45) is 0 Å². The van der Waals surface area contributed by atoms with E-state index in [-0.39, 0.29) is 24.3 Å². The fourth-order valence-electron chi connectivity index (χ4n) is 2.76. The van der Waals surface area contributed by atoms with Crippen molar-refractivity contribution in [1.82, 2.24) is 0 Å². The van der Waals surface area contributed by atoms with Crippen LogP contribution in [-0.4, -0.2) is 40.3 Å². The zero-order valence-electron chi connectivity index (χ0n) is 17.3. The van der Waals surface area contributed by atoms with Crippen molar-refractivity contribution in [1.29, 1.82) is 0 Å². The summed E-state index contributed by atoms with van der Waals surface area (Å²) in [5, 5.41) is 19.8. The summed E-state index contributed by atoms with van der Waals surface area (Å²) >= 11 is 0. The number of carbonyl (C=O) groups is 2. The Morgan fingerprint density at radius 3 is 2.48 bits per heavy atom. The summed E-state index contributed by atoms with van der Waals surface area (Å²) in [6.07, 6.45) is 20.5. The number of esters is 1. The van der Waals surface area contributed by atoms with Crippen molar-refractivity contribution in [3.8, 4) is 0 Å². The van der Waals surface area contributed by atoms with Crippen LogP contribution in [0.15, 0.2) is 60.8 Å². The lowest BCUT2D eigenvalue weighted by atomic mass is 10.1. The van der Waals surface area contributed by atoms with E-state index in [2.05, 4.69) is 0 Å². The summed E-state index contributed by atoms with van der Waals surface area (Å²) in [5.74, 6) is -0.324. The summed E-state index contributed by atoms with van der Waals surface area (Å²) in [6, 6.07) is 0. The summed E-state index contributed by atoms with van der Waals surface area (Å²) in [4.78, 5) is 23.6. The first-order valence-electron chi connectivity index (χ1n) is 10.4. The van der Waals surface area contributed by atoms with Crippen molar-refractivity contribution in [2.75, 3.05) is 0 Å². The van der Waals surface area contributed by atoms with Crippen LogP contribution in [0.4, 0.5) is 0 Å². The van der Waals surface area contributed by atoms with Gasteiger partial charge in [-0.2, -0.15) is 0 Å². The topological polar surface area (TPSA) is 83.8 Å². The highest BCUT2D eigenvalue weighted by molar-refractivity contribution is 5.82. The Morgan fingerprint density at radius 2 is 1.66 bits per heavy atom. The third kappa shape index (κ3) is 14.4. The second-order valence-corrected chi connectivity index (χ2v) is 7.22. The molecule has 3 atom stereocenters. The number of aliphatic hydroxyl groups is 2. The molecule has 160 valence electrons. The van der Waals surface area contributed by atoms with Gasteiger partial charge in [-0.25, -0.2) is 4.79 Å². The molecule has 0 amide bonds. The van der Waals surface area contributed by atoms with Crippen molar-refractivity contribution in [3.05, 3.63) is 60.8 Å². The van der Waals surface area contributed by atoms with E-state index in [1.807, 2.05) is 19.1 Å². The van der Waals surface area contributed by atoms with Gasteiger partial charge in [-0.15, -0.1) is 0 Å². The Kier molecular flexibility index (Phi) is 13.4. The predicted molar refractivity (Wildman–Crippen MR) is 115 cm³/mol. The Hall–Kier alpha value is -2.24. The molecule has 0 aliphatic carbocycles. The van der Waals surface area contributed by atoms with Gasteiger partial charge in [0, 0.05) is 18.9 Å². The van der Waals surface area contributed by atoms with Gasteiger partial charge in [-0.1, -0.05) is 54.7 Å². The molecule has 0 spiro atoms. The van der Waals surface area contributed by atoms with Crippen LogP contribution in [0.3, 0.4) is 0 Å². The molecule has 5 nitrogen and oxygen atoms in total. The molecule has 1 aliphatic rings. The molecule has 0 saturated carbocycles. The van der Waals surface area contributed by atoms with Crippen LogP contribution in [0.25, 0.3) is 0 Å². The van der Waals surface area contributed by atoms with Crippen LogP contribution in [0, 0.1) is 0 Å². The molecule has 1 aliphatic heterocycles. The van der Waals surface area contributed by atoms with Gasteiger partial charge < -0.3 is 14.9 Å². The van der Waals surface area contributed by atoms with E-state index < -0.39 is 12.2 Å². The summed E-state index contributed by atoms with van der Waals surface area (Å²) in [6.45, 7) is 1.87. The van der Waals surface area contributed by atoms with Gasteiger partial charge in [0.15, 0.2) is 0 Å². The number of ketones is 1. The fourth-order valence-corrected chi connectivity index (χ4v) is 2.76. The molecule has 0 aromatic carbocycles. The van der Waals surface area contributed by atoms with Crippen LogP contribution in [-0.2, 0) is 14.3 Å². The first-order valence-corrected chi connectivity index (χ1v) is 10.4. The second-order valence-electron chi connectivity index (χ2n) is 7.22. The zero-order chi connectivity index (χ0) is 21.3. The Morgan fingerprint density at radius 1 is 0.931 bits per heavy atom. The third-order valence-corrected chi connectivity index (χ3v) is 4.36. The maximum Gasteiger partial charge on any atom is 0.331 e. The van der Waals surface area contributed by atoms with E-state index in [0.717, 1.165) is 19.3 Å². The van der Waals surface area contributed by atoms with Crippen molar-refractivity contribution >= 4 is 11.8 Å². The van der Waals surface area contributed by atoms with Crippen molar-refractivity contribution < 1.29 is 24.5 Å². The Labute approximate surface area is 174 Å². The highest BCUT2D eigenvalue weighted by atomic mass is 16.5. The molecular weight excluding hydrogens is 368 g/mol. The first-order chi connectivity index (χ1) is 14.0. The largest absolute Gasteiger partial charge is 0.460 e. The third-order valence-electron chi connectivity index (χ3n) is 4.36. The number of hydrogen-bond donors (Lipinski definition) is 2. The van der Waals surface area contributed by atoms with Gasteiger partial charge in [0.2, 0.25) is 0 Å². The minimum atomic E-state index is -0.675. The zero-order valence-corrected chi connectivity index (χ0v) is 17.3. The van der Waals surface area contributed by atoms with Crippen molar-refractivity contribution in [3.63, 3.8) is 0 Å². The minimum absolute atomic E-state index is 0.0522. The number of cyclic esters (lactones) is 1. The van der Waals surface area contributed by atoms with E-state index in [1.165, 1.54) is 6.08 Å². The van der Waals surface area contributed by atoms with Crippen LogP contribution in [0.5, 0.6) is 0 Å². The van der Waals surface area contributed by atoms with Gasteiger partial charge in [0.05, 0.1) is 18.3 Å². The normalized spacial score (nSPS) is 32.3. The highest BCUT2D eigenvalue weighted by Gasteiger charge is 2.09. The van der Waals surface area contributed by atoms with Crippen LogP contribution < -0.4 is 0 Å². The summed E-state index contributed by atoms with van der Waals surface area (Å²) < 4.78 is 5.31. The van der Waals surface area contributed by atoms with Gasteiger partial charge in [-0.05, 0) is 45.4 Å². The van der Waals surface area contributed by atoms with E-state index >= 15 is 0 Å². The van der Waals surface area contributed by atoms with Crippen LogP contribution >= 0.6 is 0 Å². The number of Topliss-reactive ketones (excluding diaryl/α,β-unsaturated/α-hetero) is 1. The van der Waals surface area contributed by atoms with Gasteiger partial charge in [-0.3, -0.25) is 4.79 Å². The lowest BCUT2D eigenvalue weighted by molar-refractivity contribution is -0.142. The lowest BCUT2D eigenvalue weighted by Gasteiger charge is -2.10. The SMILES string of the molecule is C[C@@H]1CCC/C=C/CCC(=O)C[C@@H](O)C/C=C\C=C\[C@@H](O)C/C=C/C=C\C(=O)O1. The summed E-state index contributed by atoms with van der Waals surface area (Å²) in [7, 11) is 0. The maximum absolute atomic E-state index is 11.9. The fraction of sp³-hybridized carbons (Fsp3) is 0.500. The second kappa shape index (κ2) is 15.7. The molecule has 1 heterocycles. The summed E-state index contributed by atoms with van der Waals surface area (Å²) in [5.41, 5.74) is 0. The molecule has 0 unspecified atom stereocenters. The van der Waals surface area contributed by atoms with Crippen molar-refractivity contribution in [2.45, 2.75) is 76.6 Å². The monoisotopic (exact) mass is 402 g/mol. The molecule has 0 aromatic heterocycles. The van der Waals surface area contributed by atoms with Gasteiger partial charge in [0.25, 0.3) is 0 Å². The smallest absolute Gasteiger partial charge is 0.331 e.